The molecule has 1 fully saturated rings. The van der Waals surface area contributed by atoms with Crippen molar-refractivity contribution in [3.8, 4) is 0 Å². The number of hydrogen-bond donors (Lipinski definition) is 2. The maximum atomic E-state index is 14.1. The third-order valence-electron chi connectivity index (χ3n) is 3.05. The maximum absolute atomic E-state index is 14.1. The lowest BCUT2D eigenvalue weighted by Crippen LogP contribution is -2.40. The van der Waals surface area contributed by atoms with Gasteiger partial charge in [0.2, 0.25) is 0 Å². The van der Waals surface area contributed by atoms with Crippen LogP contribution in [0.25, 0.3) is 0 Å². The molecule has 1 atom stereocenters. The Morgan fingerprint density at radius 2 is 2.08 bits per heavy atom. The van der Waals surface area contributed by atoms with Gasteiger partial charge in [0, 0.05) is 0 Å². The standard InChI is InChI=1S/C10H21FN2/c1-10(11,5-8-12-2)9-3-6-13-7-4-9/h9,12-13H,3-8H2,1-2H3. The summed E-state index contributed by atoms with van der Waals surface area (Å²) in [4.78, 5) is 0. The van der Waals surface area contributed by atoms with E-state index in [1.54, 1.807) is 6.92 Å². The van der Waals surface area contributed by atoms with Gasteiger partial charge in [-0.05, 0) is 58.8 Å². The molecule has 13 heavy (non-hydrogen) atoms. The van der Waals surface area contributed by atoms with Crippen molar-refractivity contribution < 1.29 is 4.39 Å². The zero-order valence-corrected chi connectivity index (χ0v) is 8.70. The summed E-state index contributed by atoms with van der Waals surface area (Å²) in [5.41, 5.74) is -0.981. The van der Waals surface area contributed by atoms with E-state index in [1.807, 2.05) is 7.05 Å². The van der Waals surface area contributed by atoms with Crippen LogP contribution in [-0.2, 0) is 0 Å². The molecule has 78 valence electrons. The largest absolute Gasteiger partial charge is 0.320 e. The Hall–Kier alpha value is -0.150. The molecule has 0 spiro atoms. The lowest BCUT2D eigenvalue weighted by molar-refractivity contribution is 0.0707. The fourth-order valence-electron chi connectivity index (χ4n) is 2.00. The van der Waals surface area contributed by atoms with E-state index in [4.69, 9.17) is 0 Å². The summed E-state index contributed by atoms with van der Waals surface area (Å²) in [7, 11) is 1.87. The van der Waals surface area contributed by atoms with Gasteiger partial charge in [-0.25, -0.2) is 4.39 Å². The van der Waals surface area contributed by atoms with E-state index in [-0.39, 0.29) is 5.92 Å². The normalized spacial score (nSPS) is 24.2. The molecule has 1 saturated heterocycles. The number of hydrogen-bond acceptors (Lipinski definition) is 2. The zero-order valence-electron chi connectivity index (χ0n) is 8.70. The van der Waals surface area contributed by atoms with Crippen LogP contribution in [0, 0.1) is 5.92 Å². The van der Waals surface area contributed by atoms with Gasteiger partial charge in [-0.2, -0.15) is 0 Å². The first-order valence-electron chi connectivity index (χ1n) is 5.21. The van der Waals surface area contributed by atoms with Crippen LogP contribution < -0.4 is 10.6 Å². The van der Waals surface area contributed by atoms with Crippen molar-refractivity contribution in [3.05, 3.63) is 0 Å². The topological polar surface area (TPSA) is 24.1 Å². The lowest BCUT2D eigenvalue weighted by atomic mass is 9.81. The van der Waals surface area contributed by atoms with Gasteiger partial charge in [0.25, 0.3) is 0 Å². The predicted octanol–water partition coefficient (Wildman–Crippen LogP) is 1.32. The highest BCUT2D eigenvalue weighted by Gasteiger charge is 2.33. The Labute approximate surface area is 80.3 Å². The van der Waals surface area contributed by atoms with Crippen molar-refractivity contribution in [1.29, 1.82) is 0 Å². The van der Waals surface area contributed by atoms with Gasteiger partial charge < -0.3 is 10.6 Å². The van der Waals surface area contributed by atoms with Crippen molar-refractivity contribution in [2.45, 2.75) is 31.9 Å². The molecule has 0 saturated carbocycles. The number of nitrogens with one attached hydrogen (secondary N) is 2. The minimum Gasteiger partial charge on any atom is -0.320 e. The van der Waals surface area contributed by atoms with E-state index in [0.717, 1.165) is 32.5 Å². The van der Waals surface area contributed by atoms with Crippen molar-refractivity contribution in [2.75, 3.05) is 26.7 Å². The molecule has 0 aromatic heterocycles. The predicted molar refractivity (Wildman–Crippen MR) is 53.7 cm³/mol. The van der Waals surface area contributed by atoms with Crippen LogP contribution in [0.1, 0.15) is 26.2 Å². The highest BCUT2D eigenvalue weighted by atomic mass is 19.1. The minimum atomic E-state index is -0.981. The quantitative estimate of drug-likeness (QED) is 0.695. The summed E-state index contributed by atoms with van der Waals surface area (Å²) in [5, 5.41) is 6.27. The zero-order chi connectivity index (χ0) is 9.73. The van der Waals surface area contributed by atoms with E-state index in [2.05, 4.69) is 10.6 Å². The highest BCUT2D eigenvalue weighted by molar-refractivity contribution is 4.86. The fraction of sp³-hybridized carbons (Fsp3) is 1.00. The molecule has 0 aromatic carbocycles. The maximum Gasteiger partial charge on any atom is 0.112 e. The average molecular weight is 188 g/mol. The van der Waals surface area contributed by atoms with Gasteiger partial charge >= 0.3 is 0 Å². The minimum absolute atomic E-state index is 0.252. The molecule has 0 radical (unpaired) electrons. The van der Waals surface area contributed by atoms with Gasteiger partial charge in [-0.15, -0.1) is 0 Å². The van der Waals surface area contributed by atoms with E-state index in [9.17, 15) is 4.39 Å². The Bertz CT molecular complexity index is 142. The Morgan fingerprint density at radius 3 is 2.62 bits per heavy atom. The van der Waals surface area contributed by atoms with E-state index < -0.39 is 5.67 Å². The summed E-state index contributed by atoms with van der Waals surface area (Å²) >= 11 is 0. The molecule has 1 rings (SSSR count). The highest BCUT2D eigenvalue weighted by Crippen LogP contribution is 2.31. The number of halogens is 1. The van der Waals surface area contributed by atoms with Crippen molar-refractivity contribution in [3.63, 3.8) is 0 Å². The van der Waals surface area contributed by atoms with Gasteiger partial charge in [0.1, 0.15) is 5.67 Å². The number of alkyl halides is 1. The molecule has 1 unspecified atom stereocenters. The van der Waals surface area contributed by atoms with E-state index >= 15 is 0 Å². The second kappa shape index (κ2) is 4.91. The smallest absolute Gasteiger partial charge is 0.112 e. The van der Waals surface area contributed by atoms with Crippen molar-refractivity contribution >= 4 is 0 Å². The molecule has 1 heterocycles. The molecule has 0 amide bonds. The Kier molecular flexibility index (Phi) is 4.13. The van der Waals surface area contributed by atoms with E-state index in [0.29, 0.717) is 6.42 Å². The third-order valence-corrected chi connectivity index (χ3v) is 3.05. The fourth-order valence-corrected chi connectivity index (χ4v) is 2.00. The molecule has 1 aliphatic heterocycles. The Morgan fingerprint density at radius 1 is 1.46 bits per heavy atom. The molecular weight excluding hydrogens is 167 g/mol. The summed E-state index contributed by atoms with van der Waals surface area (Å²) in [6.45, 7) is 4.48. The first-order valence-corrected chi connectivity index (χ1v) is 5.21. The molecule has 2 N–H and O–H groups in total. The molecule has 2 nitrogen and oxygen atoms in total. The second-order valence-corrected chi connectivity index (χ2v) is 4.16. The summed E-state index contributed by atoms with van der Waals surface area (Å²) in [5.74, 6) is 0.252. The van der Waals surface area contributed by atoms with Gasteiger partial charge in [0.05, 0.1) is 0 Å². The molecular formula is C10H21FN2. The average Bonchev–Trinajstić information content (AvgIpc) is 2.16. The summed E-state index contributed by atoms with van der Waals surface area (Å²) in [6, 6.07) is 0. The molecule has 0 bridgehead atoms. The van der Waals surface area contributed by atoms with Crippen LogP contribution >= 0.6 is 0 Å². The van der Waals surface area contributed by atoms with Crippen LogP contribution in [0.15, 0.2) is 0 Å². The van der Waals surface area contributed by atoms with Crippen LogP contribution in [0.5, 0.6) is 0 Å². The molecule has 3 heteroatoms. The van der Waals surface area contributed by atoms with Crippen LogP contribution in [-0.4, -0.2) is 32.4 Å². The molecule has 1 aliphatic rings. The number of rotatable bonds is 4. The van der Waals surface area contributed by atoms with Crippen LogP contribution in [0.3, 0.4) is 0 Å². The summed E-state index contributed by atoms with van der Waals surface area (Å²) in [6.07, 6.45) is 2.60. The van der Waals surface area contributed by atoms with Gasteiger partial charge in [0.15, 0.2) is 0 Å². The van der Waals surface area contributed by atoms with Gasteiger partial charge in [-0.1, -0.05) is 0 Å². The monoisotopic (exact) mass is 188 g/mol. The van der Waals surface area contributed by atoms with Crippen LogP contribution in [0.2, 0.25) is 0 Å². The lowest BCUT2D eigenvalue weighted by Gasteiger charge is -2.33. The summed E-state index contributed by atoms with van der Waals surface area (Å²) < 4.78 is 14.1. The Balaban J connectivity index is 2.36. The van der Waals surface area contributed by atoms with Crippen molar-refractivity contribution in [2.24, 2.45) is 5.92 Å². The first kappa shape index (κ1) is 10.9. The van der Waals surface area contributed by atoms with Crippen LogP contribution in [0.4, 0.5) is 4.39 Å². The van der Waals surface area contributed by atoms with E-state index in [1.165, 1.54) is 0 Å². The number of piperidine rings is 1. The van der Waals surface area contributed by atoms with Crippen molar-refractivity contribution in [1.82, 2.24) is 10.6 Å². The molecule has 0 aromatic rings. The van der Waals surface area contributed by atoms with Gasteiger partial charge in [-0.3, -0.25) is 0 Å². The molecule has 0 aliphatic carbocycles. The SMILES string of the molecule is CNCCC(C)(F)C1CCNCC1. The second-order valence-electron chi connectivity index (χ2n) is 4.16. The third kappa shape index (κ3) is 3.24. The first-order chi connectivity index (χ1) is 6.17.